The van der Waals surface area contributed by atoms with Crippen molar-refractivity contribution < 1.29 is 13.2 Å². The van der Waals surface area contributed by atoms with Crippen molar-refractivity contribution in [1.29, 1.82) is 0 Å². The molecule has 26 heavy (non-hydrogen) atoms. The molecule has 7 nitrogen and oxygen atoms in total. The van der Waals surface area contributed by atoms with E-state index in [2.05, 4.69) is 5.10 Å². The minimum Gasteiger partial charge on any atom is -0.379 e. The zero-order valence-corrected chi connectivity index (χ0v) is 15.9. The minimum atomic E-state index is -3.59. The van der Waals surface area contributed by atoms with E-state index < -0.39 is 10.0 Å². The second kappa shape index (κ2) is 7.66. The normalized spacial score (nSPS) is 26.7. The fourth-order valence-corrected chi connectivity index (χ4v) is 5.02. The Kier molecular flexibility index (Phi) is 5.69. The number of hydrogen-bond donors (Lipinski definition) is 1. The van der Waals surface area contributed by atoms with Crippen molar-refractivity contribution in [1.82, 2.24) is 14.1 Å². The third kappa shape index (κ3) is 3.52. The first-order valence-electron chi connectivity index (χ1n) is 8.48. The number of benzene rings is 1. The standard InChI is InChI=1S/C17H22N4O3S.ClH/c18-17-11-20(10-16(17)13-4-2-1-3-5-13)25(22,23)15-8-19-21(9-15)14-6-7-24-12-14;/h1-5,8-9,14,16-17H,6-7,10-12,18H2;1H/t14?,16-,17+;/m0./s1. The third-order valence-electron chi connectivity index (χ3n) is 5.05. The molecular formula is C17H23ClN4O3S. The first-order valence-corrected chi connectivity index (χ1v) is 9.92. The Morgan fingerprint density at radius 1 is 1.19 bits per heavy atom. The van der Waals surface area contributed by atoms with E-state index >= 15 is 0 Å². The van der Waals surface area contributed by atoms with Crippen molar-refractivity contribution >= 4 is 22.4 Å². The molecule has 3 atom stereocenters. The van der Waals surface area contributed by atoms with Gasteiger partial charge in [0.1, 0.15) is 4.90 Å². The smallest absolute Gasteiger partial charge is 0.246 e. The molecule has 2 aliphatic heterocycles. The van der Waals surface area contributed by atoms with Crippen molar-refractivity contribution in [3.63, 3.8) is 0 Å². The number of ether oxygens (including phenoxy) is 1. The molecule has 142 valence electrons. The maximum atomic E-state index is 13.0. The van der Waals surface area contributed by atoms with Crippen LogP contribution in [0.2, 0.25) is 0 Å². The third-order valence-corrected chi connectivity index (χ3v) is 6.84. The van der Waals surface area contributed by atoms with E-state index in [0.717, 1.165) is 12.0 Å². The van der Waals surface area contributed by atoms with E-state index in [4.69, 9.17) is 10.5 Å². The second-order valence-corrected chi connectivity index (χ2v) is 8.61. The molecule has 0 saturated carbocycles. The monoisotopic (exact) mass is 398 g/mol. The number of halogens is 1. The van der Waals surface area contributed by atoms with Crippen LogP contribution >= 0.6 is 12.4 Å². The fraction of sp³-hybridized carbons (Fsp3) is 0.471. The highest BCUT2D eigenvalue weighted by atomic mass is 35.5. The lowest BCUT2D eigenvalue weighted by atomic mass is 9.95. The molecule has 2 aliphatic rings. The van der Waals surface area contributed by atoms with Crippen molar-refractivity contribution in [2.24, 2.45) is 5.73 Å². The zero-order chi connectivity index (χ0) is 17.4. The van der Waals surface area contributed by atoms with Crippen molar-refractivity contribution in [2.75, 3.05) is 26.3 Å². The van der Waals surface area contributed by atoms with Gasteiger partial charge in [0.2, 0.25) is 10.0 Å². The summed E-state index contributed by atoms with van der Waals surface area (Å²) in [6, 6.07) is 9.74. The summed E-state index contributed by atoms with van der Waals surface area (Å²) in [7, 11) is -3.59. The molecule has 2 saturated heterocycles. The first-order chi connectivity index (χ1) is 12.1. The Morgan fingerprint density at radius 3 is 2.65 bits per heavy atom. The van der Waals surface area contributed by atoms with Crippen molar-refractivity contribution in [3.05, 3.63) is 48.3 Å². The molecule has 1 unspecified atom stereocenters. The number of sulfonamides is 1. The van der Waals surface area contributed by atoms with E-state index in [1.807, 2.05) is 30.3 Å². The molecule has 0 spiro atoms. The number of aromatic nitrogens is 2. The Balaban J connectivity index is 0.00000196. The topological polar surface area (TPSA) is 90.5 Å². The van der Waals surface area contributed by atoms with Crippen LogP contribution in [0, 0.1) is 0 Å². The minimum absolute atomic E-state index is 0. The van der Waals surface area contributed by atoms with Gasteiger partial charge in [0.05, 0.1) is 18.8 Å². The van der Waals surface area contributed by atoms with E-state index in [1.165, 1.54) is 10.5 Å². The van der Waals surface area contributed by atoms with E-state index in [0.29, 0.717) is 26.3 Å². The lowest BCUT2D eigenvalue weighted by Crippen LogP contribution is -2.32. The summed E-state index contributed by atoms with van der Waals surface area (Å²) in [5.74, 6) is 0.00857. The van der Waals surface area contributed by atoms with Crippen LogP contribution in [0.3, 0.4) is 0 Å². The molecule has 1 aromatic carbocycles. The molecule has 0 aliphatic carbocycles. The fourth-order valence-electron chi connectivity index (χ4n) is 3.57. The van der Waals surface area contributed by atoms with Gasteiger partial charge in [-0.05, 0) is 12.0 Å². The molecule has 2 N–H and O–H groups in total. The van der Waals surface area contributed by atoms with Gasteiger partial charge in [-0.25, -0.2) is 8.42 Å². The van der Waals surface area contributed by atoms with Crippen molar-refractivity contribution in [3.8, 4) is 0 Å². The average Bonchev–Trinajstić information content (AvgIpc) is 3.35. The van der Waals surface area contributed by atoms with E-state index in [-0.39, 0.29) is 35.3 Å². The van der Waals surface area contributed by atoms with Gasteiger partial charge in [-0.2, -0.15) is 9.40 Å². The molecule has 0 radical (unpaired) electrons. The van der Waals surface area contributed by atoms with Crippen LogP contribution in [0.4, 0.5) is 0 Å². The summed E-state index contributed by atoms with van der Waals surface area (Å²) in [6.45, 7) is 1.98. The van der Waals surface area contributed by atoms with Crippen LogP contribution in [0.5, 0.6) is 0 Å². The highest BCUT2D eigenvalue weighted by Crippen LogP contribution is 2.30. The average molecular weight is 399 g/mol. The van der Waals surface area contributed by atoms with Gasteiger partial charge in [-0.3, -0.25) is 4.68 Å². The zero-order valence-electron chi connectivity index (χ0n) is 14.3. The highest BCUT2D eigenvalue weighted by molar-refractivity contribution is 7.89. The van der Waals surface area contributed by atoms with Gasteiger partial charge in [0.15, 0.2) is 0 Å². The lowest BCUT2D eigenvalue weighted by molar-refractivity contribution is 0.184. The number of rotatable bonds is 4. The molecule has 9 heteroatoms. The Bertz CT molecular complexity index is 837. The van der Waals surface area contributed by atoms with Crippen LogP contribution in [-0.2, 0) is 14.8 Å². The molecule has 1 aromatic heterocycles. The Labute approximate surface area is 159 Å². The molecule has 3 heterocycles. The maximum absolute atomic E-state index is 13.0. The molecular weight excluding hydrogens is 376 g/mol. The summed E-state index contributed by atoms with van der Waals surface area (Å²) in [5, 5.41) is 4.23. The summed E-state index contributed by atoms with van der Waals surface area (Å²) < 4.78 is 34.5. The van der Waals surface area contributed by atoms with Crippen LogP contribution in [-0.4, -0.2) is 54.8 Å². The van der Waals surface area contributed by atoms with Gasteiger partial charge < -0.3 is 10.5 Å². The predicted molar refractivity (Wildman–Crippen MR) is 99.9 cm³/mol. The van der Waals surface area contributed by atoms with Gasteiger partial charge in [-0.1, -0.05) is 30.3 Å². The quantitative estimate of drug-likeness (QED) is 0.840. The molecule has 4 rings (SSSR count). The molecule has 0 amide bonds. The van der Waals surface area contributed by atoms with Gasteiger partial charge in [0, 0.05) is 37.9 Å². The van der Waals surface area contributed by atoms with Crippen molar-refractivity contribution in [2.45, 2.75) is 29.3 Å². The lowest BCUT2D eigenvalue weighted by Gasteiger charge is -2.15. The number of nitrogens with two attached hydrogens (primary N) is 1. The van der Waals surface area contributed by atoms with Gasteiger partial charge in [0.25, 0.3) is 0 Å². The van der Waals surface area contributed by atoms with Crippen LogP contribution in [0.25, 0.3) is 0 Å². The summed E-state index contributed by atoms with van der Waals surface area (Å²) in [6.07, 6.45) is 3.89. The second-order valence-electron chi connectivity index (χ2n) is 6.68. The maximum Gasteiger partial charge on any atom is 0.246 e. The van der Waals surface area contributed by atoms with E-state index in [9.17, 15) is 8.42 Å². The molecule has 2 aromatic rings. The van der Waals surface area contributed by atoms with Crippen LogP contribution < -0.4 is 5.73 Å². The molecule has 2 fully saturated rings. The predicted octanol–water partition coefficient (Wildman–Crippen LogP) is 1.38. The summed E-state index contributed by atoms with van der Waals surface area (Å²) in [4.78, 5) is 0.223. The van der Waals surface area contributed by atoms with E-state index in [1.54, 1.807) is 10.9 Å². The first kappa shape index (κ1) is 19.3. The van der Waals surface area contributed by atoms with Crippen LogP contribution in [0.1, 0.15) is 23.9 Å². The summed E-state index contributed by atoms with van der Waals surface area (Å²) >= 11 is 0. The largest absolute Gasteiger partial charge is 0.379 e. The molecule has 0 bridgehead atoms. The SMILES string of the molecule is Cl.N[C@@H]1CN(S(=O)(=O)c2cnn(C3CCOC3)c2)C[C@H]1c1ccccc1. The number of nitrogens with zero attached hydrogens (tertiary/aromatic N) is 3. The van der Waals surface area contributed by atoms with Gasteiger partial charge >= 0.3 is 0 Å². The highest BCUT2D eigenvalue weighted by Gasteiger charge is 2.39. The Hall–Kier alpha value is -1.45. The number of hydrogen-bond acceptors (Lipinski definition) is 5. The van der Waals surface area contributed by atoms with Crippen LogP contribution in [0.15, 0.2) is 47.6 Å². The summed E-state index contributed by atoms with van der Waals surface area (Å²) in [5.41, 5.74) is 7.31. The van der Waals surface area contributed by atoms with Gasteiger partial charge in [-0.15, -0.1) is 12.4 Å². The Morgan fingerprint density at radius 2 is 1.96 bits per heavy atom.